The molecule has 4 nitrogen and oxygen atoms in total. The molecule has 0 radical (unpaired) electrons. The number of carbonyl (C=O) groups is 1. The van der Waals surface area contributed by atoms with Gasteiger partial charge in [0.25, 0.3) is 0 Å². The highest BCUT2D eigenvalue weighted by molar-refractivity contribution is 5.96. The van der Waals surface area contributed by atoms with E-state index in [1.807, 2.05) is 42.5 Å². The average molecular weight is 387 g/mol. The molecular formula is C22H27ClN2O2. The molecule has 2 N–H and O–H groups in total. The Morgan fingerprint density at radius 3 is 2.56 bits per heavy atom. The summed E-state index contributed by atoms with van der Waals surface area (Å²) in [5, 5.41) is 6.49. The van der Waals surface area contributed by atoms with E-state index in [9.17, 15) is 4.79 Å². The molecule has 144 valence electrons. The van der Waals surface area contributed by atoms with Crippen LogP contribution in [0.15, 0.2) is 54.6 Å². The first-order valence-electron chi connectivity index (χ1n) is 9.54. The van der Waals surface area contributed by atoms with Crippen LogP contribution in [0.2, 0.25) is 0 Å². The summed E-state index contributed by atoms with van der Waals surface area (Å²) in [6, 6.07) is 18.0. The zero-order valence-electron chi connectivity index (χ0n) is 15.4. The number of carbonyl (C=O) groups excluding carboxylic acids is 1. The monoisotopic (exact) mass is 386 g/mol. The lowest BCUT2D eigenvalue weighted by atomic mass is 9.92. The molecule has 1 aliphatic carbocycles. The molecule has 0 bridgehead atoms. The number of amides is 1. The van der Waals surface area contributed by atoms with Gasteiger partial charge >= 0.3 is 0 Å². The first kappa shape index (κ1) is 19.7. The number of para-hydroxylation sites is 2. The molecule has 1 spiro atoms. The van der Waals surface area contributed by atoms with E-state index in [4.69, 9.17) is 4.74 Å². The molecule has 1 unspecified atom stereocenters. The molecule has 2 aromatic carbocycles. The third-order valence-corrected chi connectivity index (χ3v) is 5.74. The van der Waals surface area contributed by atoms with Gasteiger partial charge in [0.1, 0.15) is 5.75 Å². The van der Waals surface area contributed by atoms with E-state index < -0.39 is 0 Å². The largest absolute Gasteiger partial charge is 0.491 e. The maximum absolute atomic E-state index is 12.7. The van der Waals surface area contributed by atoms with E-state index in [0.29, 0.717) is 6.61 Å². The highest BCUT2D eigenvalue weighted by Crippen LogP contribution is 2.58. The molecule has 2 aromatic rings. The molecule has 1 aliphatic heterocycles. The van der Waals surface area contributed by atoms with Crippen molar-refractivity contribution >= 4 is 24.0 Å². The highest BCUT2D eigenvalue weighted by Gasteiger charge is 2.57. The van der Waals surface area contributed by atoms with E-state index in [0.717, 1.165) is 50.2 Å². The minimum Gasteiger partial charge on any atom is -0.491 e. The summed E-state index contributed by atoms with van der Waals surface area (Å²) < 4.78 is 5.95. The highest BCUT2D eigenvalue weighted by atomic mass is 35.5. The van der Waals surface area contributed by atoms with Gasteiger partial charge in [-0.15, -0.1) is 12.4 Å². The van der Waals surface area contributed by atoms with Gasteiger partial charge in [-0.3, -0.25) is 4.79 Å². The van der Waals surface area contributed by atoms with Gasteiger partial charge in [0.05, 0.1) is 12.3 Å². The summed E-state index contributed by atoms with van der Waals surface area (Å²) in [7, 11) is 0. The van der Waals surface area contributed by atoms with Crippen LogP contribution in [-0.4, -0.2) is 25.6 Å². The second-order valence-electron chi connectivity index (χ2n) is 7.44. The summed E-state index contributed by atoms with van der Waals surface area (Å²) in [5.41, 5.74) is 2.28. The second kappa shape index (κ2) is 8.77. The molecule has 1 heterocycles. The van der Waals surface area contributed by atoms with Gasteiger partial charge in [-0.2, -0.15) is 0 Å². The lowest BCUT2D eigenvalue weighted by Gasteiger charge is -2.23. The maximum atomic E-state index is 12.7. The Balaban J connectivity index is 0.00000210. The molecule has 4 rings (SSSR count). The summed E-state index contributed by atoms with van der Waals surface area (Å²) in [5.74, 6) is 1.05. The normalized spacial score (nSPS) is 19.8. The van der Waals surface area contributed by atoms with Gasteiger partial charge in [0.2, 0.25) is 5.91 Å². The van der Waals surface area contributed by atoms with Crippen LogP contribution >= 0.6 is 12.4 Å². The predicted octanol–water partition coefficient (Wildman–Crippen LogP) is 4.06. The van der Waals surface area contributed by atoms with Gasteiger partial charge in [-0.05, 0) is 55.5 Å². The van der Waals surface area contributed by atoms with Crippen molar-refractivity contribution in [3.63, 3.8) is 0 Å². The van der Waals surface area contributed by atoms with Gasteiger partial charge in [-0.1, -0.05) is 42.5 Å². The number of anilines is 1. The van der Waals surface area contributed by atoms with Crippen molar-refractivity contribution in [2.45, 2.75) is 25.7 Å². The van der Waals surface area contributed by atoms with Crippen LogP contribution in [0.25, 0.3) is 0 Å². The zero-order chi connectivity index (χ0) is 17.8. The van der Waals surface area contributed by atoms with Crippen molar-refractivity contribution < 1.29 is 9.53 Å². The van der Waals surface area contributed by atoms with Crippen LogP contribution in [0, 0.1) is 11.3 Å². The number of halogens is 1. The lowest BCUT2D eigenvalue weighted by Crippen LogP contribution is -2.31. The van der Waals surface area contributed by atoms with Gasteiger partial charge in [0.15, 0.2) is 0 Å². The fraction of sp³-hybridized carbons (Fsp3) is 0.409. The Kier molecular flexibility index (Phi) is 6.40. The number of hydrogen-bond acceptors (Lipinski definition) is 3. The first-order valence-corrected chi connectivity index (χ1v) is 9.54. The smallest absolute Gasteiger partial charge is 0.228 e. The molecule has 27 heavy (non-hydrogen) atoms. The van der Waals surface area contributed by atoms with Crippen LogP contribution in [0.5, 0.6) is 5.75 Å². The Bertz CT molecular complexity index is 760. The maximum Gasteiger partial charge on any atom is 0.228 e. The van der Waals surface area contributed by atoms with Crippen molar-refractivity contribution in [1.29, 1.82) is 0 Å². The number of hydrogen-bond donors (Lipinski definition) is 2. The van der Waals surface area contributed by atoms with Gasteiger partial charge < -0.3 is 15.4 Å². The zero-order valence-corrected chi connectivity index (χ0v) is 16.3. The number of nitrogens with one attached hydrogen (secondary N) is 2. The standard InChI is InChI=1S/C22H26N2O2.ClH/c25-21(18-16-22(18)11-13-23-14-12-22)24-19-8-4-5-9-20(19)26-15-10-17-6-2-1-3-7-17;/h1-9,18,23H,10-16H2,(H,24,25);1H. The topological polar surface area (TPSA) is 50.4 Å². The van der Waals surface area contributed by atoms with E-state index in [1.54, 1.807) is 0 Å². The van der Waals surface area contributed by atoms with Crippen molar-refractivity contribution in [2.75, 3.05) is 25.0 Å². The molecule has 5 heteroatoms. The van der Waals surface area contributed by atoms with Gasteiger partial charge in [0, 0.05) is 12.3 Å². The van der Waals surface area contributed by atoms with E-state index in [-0.39, 0.29) is 29.6 Å². The van der Waals surface area contributed by atoms with Crippen molar-refractivity contribution in [2.24, 2.45) is 11.3 Å². The molecular weight excluding hydrogens is 360 g/mol. The van der Waals surface area contributed by atoms with Crippen molar-refractivity contribution in [1.82, 2.24) is 5.32 Å². The Morgan fingerprint density at radius 1 is 1.07 bits per heavy atom. The molecule has 1 atom stereocenters. The molecule has 2 fully saturated rings. The Morgan fingerprint density at radius 2 is 1.78 bits per heavy atom. The number of ether oxygens (including phenoxy) is 1. The number of rotatable bonds is 6. The van der Waals surface area contributed by atoms with E-state index in [1.165, 1.54) is 5.56 Å². The molecule has 1 amide bonds. The fourth-order valence-electron chi connectivity index (χ4n) is 4.03. The van der Waals surface area contributed by atoms with Crippen molar-refractivity contribution in [3.05, 3.63) is 60.2 Å². The summed E-state index contributed by atoms with van der Waals surface area (Å²) >= 11 is 0. The van der Waals surface area contributed by atoms with Crippen LogP contribution in [-0.2, 0) is 11.2 Å². The van der Waals surface area contributed by atoms with Crippen LogP contribution in [0.1, 0.15) is 24.8 Å². The fourth-order valence-corrected chi connectivity index (χ4v) is 4.03. The average Bonchev–Trinajstić information content (AvgIpc) is 3.37. The van der Waals surface area contributed by atoms with Crippen LogP contribution < -0.4 is 15.4 Å². The first-order chi connectivity index (χ1) is 12.8. The lowest BCUT2D eigenvalue weighted by molar-refractivity contribution is -0.118. The molecule has 2 aliphatic rings. The van der Waals surface area contributed by atoms with Gasteiger partial charge in [-0.25, -0.2) is 0 Å². The summed E-state index contributed by atoms with van der Waals surface area (Å²) in [4.78, 5) is 12.7. The number of benzene rings is 2. The minimum atomic E-state index is 0. The predicted molar refractivity (Wildman–Crippen MR) is 111 cm³/mol. The quantitative estimate of drug-likeness (QED) is 0.787. The Hall–Kier alpha value is -2.04. The van der Waals surface area contributed by atoms with E-state index >= 15 is 0 Å². The van der Waals surface area contributed by atoms with Crippen LogP contribution in [0.3, 0.4) is 0 Å². The minimum absolute atomic E-state index is 0. The molecule has 1 saturated carbocycles. The number of piperidine rings is 1. The van der Waals surface area contributed by atoms with Crippen molar-refractivity contribution in [3.8, 4) is 5.75 Å². The SMILES string of the molecule is Cl.O=C(Nc1ccccc1OCCc1ccccc1)C1CC12CCNCC2. The molecule has 1 saturated heterocycles. The van der Waals surface area contributed by atoms with Crippen LogP contribution in [0.4, 0.5) is 5.69 Å². The summed E-state index contributed by atoms with van der Waals surface area (Å²) in [6.07, 6.45) is 4.10. The third kappa shape index (κ3) is 4.63. The summed E-state index contributed by atoms with van der Waals surface area (Å²) in [6.45, 7) is 2.65. The third-order valence-electron chi connectivity index (χ3n) is 5.74. The molecule has 0 aromatic heterocycles. The Labute approximate surface area is 167 Å². The second-order valence-corrected chi connectivity index (χ2v) is 7.44. The van der Waals surface area contributed by atoms with E-state index in [2.05, 4.69) is 22.8 Å².